The lowest BCUT2D eigenvalue weighted by molar-refractivity contribution is 0.200. The Morgan fingerprint density at radius 1 is 1.33 bits per heavy atom. The van der Waals surface area contributed by atoms with Crippen LogP contribution >= 0.6 is 0 Å². The third-order valence-corrected chi connectivity index (χ3v) is 2.97. The summed E-state index contributed by atoms with van der Waals surface area (Å²) in [4.78, 5) is 2.37. The van der Waals surface area contributed by atoms with Crippen molar-refractivity contribution in [2.75, 3.05) is 26.7 Å². The van der Waals surface area contributed by atoms with Gasteiger partial charge in [-0.2, -0.15) is 0 Å². The maximum absolute atomic E-state index is 5.51. The molecule has 2 heteroatoms. The van der Waals surface area contributed by atoms with Crippen molar-refractivity contribution in [2.24, 2.45) is 11.1 Å². The van der Waals surface area contributed by atoms with Gasteiger partial charge in [-0.25, -0.2) is 0 Å². The topological polar surface area (TPSA) is 29.3 Å². The molecule has 0 aromatic heterocycles. The summed E-state index contributed by atoms with van der Waals surface area (Å²) in [5.41, 5.74) is 6.09. The fourth-order valence-electron chi connectivity index (χ4n) is 2.34. The van der Waals surface area contributed by atoms with Crippen LogP contribution in [-0.4, -0.2) is 31.6 Å². The van der Waals surface area contributed by atoms with Crippen LogP contribution < -0.4 is 5.73 Å². The summed E-state index contributed by atoms with van der Waals surface area (Å²) in [6, 6.07) is 0. The lowest BCUT2D eigenvalue weighted by Crippen LogP contribution is -2.34. The zero-order chi connectivity index (χ0) is 9.03. The van der Waals surface area contributed by atoms with E-state index in [0.29, 0.717) is 5.41 Å². The summed E-state index contributed by atoms with van der Waals surface area (Å²) in [6.45, 7) is 5.46. The predicted octanol–water partition coefficient (Wildman–Crippen LogP) is 1.46. The van der Waals surface area contributed by atoms with Gasteiger partial charge in [-0.15, -0.1) is 0 Å². The zero-order valence-electron chi connectivity index (χ0n) is 8.47. The van der Waals surface area contributed by atoms with Crippen LogP contribution in [0.25, 0.3) is 0 Å². The summed E-state index contributed by atoms with van der Waals surface area (Å²) in [5.74, 6) is 0. The Kier molecular flexibility index (Phi) is 3.53. The standard InChI is InChI=1S/C10H22N2/c1-10(5-3-4-6-10)9-12(2)8-7-11/h3-9,11H2,1-2H3. The van der Waals surface area contributed by atoms with Crippen molar-refractivity contribution in [2.45, 2.75) is 32.6 Å². The molecule has 0 bridgehead atoms. The molecule has 1 aliphatic carbocycles. The van der Waals surface area contributed by atoms with Crippen LogP contribution in [0.1, 0.15) is 32.6 Å². The first-order valence-corrected chi connectivity index (χ1v) is 5.05. The number of rotatable bonds is 4. The molecule has 1 saturated carbocycles. The molecule has 0 radical (unpaired) electrons. The largest absolute Gasteiger partial charge is 0.329 e. The van der Waals surface area contributed by atoms with E-state index in [-0.39, 0.29) is 0 Å². The Labute approximate surface area is 76.1 Å². The maximum atomic E-state index is 5.51. The Bertz CT molecular complexity index is 128. The van der Waals surface area contributed by atoms with E-state index in [9.17, 15) is 0 Å². The van der Waals surface area contributed by atoms with Crippen LogP contribution in [0.4, 0.5) is 0 Å². The van der Waals surface area contributed by atoms with Crippen molar-refractivity contribution >= 4 is 0 Å². The lowest BCUT2D eigenvalue weighted by atomic mass is 9.88. The summed E-state index contributed by atoms with van der Waals surface area (Å²) in [7, 11) is 2.18. The maximum Gasteiger partial charge on any atom is 0.0102 e. The fourth-order valence-corrected chi connectivity index (χ4v) is 2.34. The molecule has 0 aromatic carbocycles. The van der Waals surface area contributed by atoms with Crippen molar-refractivity contribution in [1.82, 2.24) is 4.90 Å². The smallest absolute Gasteiger partial charge is 0.0102 e. The molecule has 1 fully saturated rings. The number of hydrogen-bond acceptors (Lipinski definition) is 2. The average Bonchev–Trinajstić information content (AvgIpc) is 2.36. The summed E-state index contributed by atoms with van der Waals surface area (Å²) < 4.78 is 0. The van der Waals surface area contributed by atoms with Crippen LogP contribution in [0.5, 0.6) is 0 Å². The van der Waals surface area contributed by atoms with Gasteiger partial charge in [-0.05, 0) is 25.3 Å². The molecular weight excluding hydrogens is 148 g/mol. The highest BCUT2D eigenvalue weighted by molar-refractivity contribution is 4.82. The molecule has 12 heavy (non-hydrogen) atoms. The van der Waals surface area contributed by atoms with Gasteiger partial charge in [0.1, 0.15) is 0 Å². The number of nitrogens with two attached hydrogens (primary N) is 1. The highest BCUT2D eigenvalue weighted by Crippen LogP contribution is 2.37. The molecule has 0 spiro atoms. The monoisotopic (exact) mass is 170 g/mol. The van der Waals surface area contributed by atoms with E-state index in [0.717, 1.165) is 13.1 Å². The van der Waals surface area contributed by atoms with Crippen LogP contribution in [0.3, 0.4) is 0 Å². The molecule has 0 amide bonds. The molecule has 1 aliphatic rings. The third-order valence-electron chi connectivity index (χ3n) is 2.97. The van der Waals surface area contributed by atoms with Crippen molar-refractivity contribution < 1.29 is 0 Å². The van der Waals surface area contributed by atoms with Crippen LogP contribution in [0.15, 0.2) is 0 Å². The van der Waals surface area contributed by atoms with E-state index in [1.807, 2.05) is 0 Å². The van der Waals surface area contributed by atoms with Crippen LogP contribution in [0.2, 0.25) is 0 Å². The second kappa shape index (κ2) is 4.24. The van der Waals surface area contributed by atoms with Gasteiger partial charge in [0, 0.05) is 19.6 Å². The van der Waals surface area contributed by atoms with Gasteiger partial charge in [-0.1, -0.05) is 19.8 Å². The van der Waals surface area contributed by atoms with Crippen LogP contribution in [-0.2, 0) is 0 Å². The first-order valence-electron chi connectivity index (χ1n) is 5.05. The van der Waals surface area contributed by atoms with E-state index in [2.05, 4.69) is 18.9 Å². The molecule has 1 rings (SSSR count). The van der Waals surface area contributed by atoms with E-state index < -0.39 is 0 Å². The second-order valence-corrected chi connectivity index (χ2v) is 4.54. The minimum atomic E-state index is 0.587. The van der Waals surface area contributed by atoms with Gasteiger partial charge in [0.2, 0.25) is 0 Å². The fraction of sp³-hybridized carbons (Fsp3) is 1.00. The first kappa shape index (κ1) is 10.0. The van der Waals surface area contributed by atoms with E-state index in [1.165, 1.54) is 32.2 Å². The van der Waals surface area contributed by atoms with Crippen molar-refractivity contribution in [3.8, 4) is 0 Å². The summed E-state index contributed by atoms with van der Waals surface area (Å²) in [5, 5.41) is 0. The number of hydrogen-bond donors (Lipinski definition) is 1. The van der Waals surface area contributed by atoms with Crippen molar-refractivity contribution in [3.05, 3.63) is 0 Å². The normalized spacial score (nSPS) is 22.0. The predicted molar refractivity (Wildman–Crippen MR) is 53.1 cm³/mol. The molecule has 2 nitrogen and oxygen atoms in total. The second-order valence-electron chi connectivity index (χ2n) is 4.54. The quantitative estimate of drug-likeness (QED) is 0.692. The summed E-state index contributed by atoms with van der Waals surface area (Å²) >= 11 is 0. The number of nitrogens with zero attached hydrogens (tertiary/aromatic N) is 1. The van der Waals surface area contributed by atoms with Gasteiger partial charge in [0.25, 0.3) is 0 Å². The minimum absolute atomic E-state index is 0.587. The Hall–Kier alpha value is -0.0800. The van der Waals surface area contributed by atoms with Gasteiger partial charge in [0.05, 0.1) is 0 Å². The average molecular weight is 170 g/mol. The Balaban J connectivity index is 2.28. The highest BCUT2D eigenvalue weighted by atomic mass is 15.1. The highest BCUT2D eigenvalue weighted by Gasteiger charge is 2.29. The van der Waals surface area contributed by atoms with E-state index >= 15 is 0 Å². The van der Waals surface area contributed by atoms with Gasteiger partial charge in [0.15, 0.2) is 0 Å². The summed E-state index contributed by atoms with van der Waals surface area (Å²) in [6.07, 6.45) is 5.66. The molecule has 72 valence electrons. The Morgan fingerprint density at radius 2 is 1.92 bits per heavy atom. The first-order chi connectivity index (χ1) is 5.66. The third kappa shape index (κ3) is 2.76. The van der Waals surface area contributed by atoms with E-state index in [4.69, 9.17) is 5.73 Å². The molecule has 0 unspecified atom stereocenters. The van der Waals surface area contributed by atoms with Crippen molar-refractivity contribution in [1.29, 1.82) is 0 Å². The molecule has 0 aliphatic heterocycles. The molecule has 2 N–H and O–H groups in total. The van der Waals surface area contributed by atoms with Crippen molar-refractivity contribution in [3.63, 3.8) is 0 Å². The molecule has 0 saturated heterocycles. The minimum Gasteiger partial charge on any atom is -0.329 e. The van der Waals surface area contributed by atoms with Gasteiger partial charge >= 0.3 is 0 Å². The van der Waals surface area contributed by atoms with Gasteiger partial charge < -0.3 is 10.6 Å². The van der Waals surface area contributed by atoms with Crippen LogP contribution in [0, 0.1) is 5.41 Å². The molecule has 0 atom stereocenters. The lowest BCUT2D eigenvalue weighted by Gasteiger charge is -2.29. The SMILES string of the molecule is CN(CCN)CC1(C)CCCC1. The van der Waals surface area contributed by atoms with Gasteiger partial charge in [-0.3, -0.25) is 0 Å². The molecule has 0 aromatic rings. The number of likely N-dealkylation sites (N-methyl/N-ethyl adjacent to an activating group) is 1. The molecule has 0 heterocycles. The Morgan fingerprint density at radius 3 is 2.42 bits per heavy atom. The molecular formula is C10H22N2. The zero-order valence-corrected chi connectivity index (χ0v) is 8.47. The van der Waals surface area contributed by atoms with E-state index in [1.54, 1.807) is 0 Å².